The fraction of sp³-hybridized carbons (Fsp3) is 0.0769. The Kier molecular flexibility index (Phi) is 2.93. The third kappa shape index (κ3) is 2.51. The second-order valence-electron chi connectivity index (χ2n) is 3.33. The molecule has 0 bridgehead atoms. The molecule has 2 aromatic rings. The van der Waals surface area contributed by atoms with Gasteiger partial charge in [0.25, 0.3) is 0 Å². The van der Waals surface area contributed by atoms with Crippen molar-refractivity contribution in [3.8, 4) is 11.5 Å². The Morgan fingerprint density at radius 3 is 2.33 bits per heavy atom. The van der Waals surface area contributed by atoms with Crippen molar-refractivity contribution in [2.45, 2.75) is 6.92 Å². The summed E-state index contributed by atoms with van der Waals surface area (Å²) in [5.74, 6) is 1.64. The highest BCUT2D eigenvalue weighted by atomic mass is 35.5. The van der Waals surface area contributed by atoms with Crippen molar-refractivity contribution in [1.82, 2.24) is 0 Å². The molecule has 2 rings (SSSR count). The summed E-state index contributed by atoms with van der Waals surface area (Å²) in [6, 6.07) is 15.3. The van der Waals surface area contributed by atoms with Crippen molar-refractivity contribution < 1.29 is 4.74 Å². The summed E-state index contributed by atoms with van der Waals surface area (Å²) < 4.78 is 5.66. The van der Waals surface area contributed by atoms with E-state index in [9.17, 15) is 0 Å². The molecule has 2 aromatic carbocycles. The maximum absolute atomic E-state index is 5.93. The Hall–Kier alpha value is -1.47. The van der Waals surface area contributed by atoms with Crippen LogP contribution in [0.3, 0.4) is 0 Å². The molecule has 0 atom stereocenters. The molecule has 0 saturated carbocycles. The number of ether oxygens (including phenoxy) is 1. The first-order valence-electron chi connectivity index (χ1n) is 4.75. The Balaban J connectivity index is 2.22. The number of para-hydroxylation sites is 1. The van der Waals surface area contributed by atoms with Crippen LogP contribution in [0.1, 0.15) is 5.56 Å². The van der Waals surface area contributed by atoms with Gasteiger partial charge in [-0.3, -0.25) is 0 Å². The number of aryl methyl sites for hydroxylation is 1. The van der Waals surface area contributed by atoms with Crippen LogP contribution in [-0.2, 0) is 0 Å². The second kappa shape index (κ2) is 4.37. The maximum atomic E-state index is 5.93. The number of hydrogen-bond donors (Lipinski definition) is 0. The summed E-state index contributed by atoms with van der Waals surface area (Å²) in [5.41, 5.74) is 1.02. The predicted octanol–water partition coefficient (Wildman–Crippen LogP) is 4.44. The summed E-state index contributed by atoms with van der Waals surface area (Å²) >= 11 is 5.93. The van der Waals surface area contributed by atoms with Crippen LogP contribution in [-0.4, -0.2) is 0 Å². The van der Waals surface area contributed by atoms with Crippen LogP contribution in [0, 0.1) is 6.92 Å². The molecule has 0 heterocycles. The van der Waals surface area contributed by atoms with E-state index in [-0.39, 0.29) is 0 Å². The van der Waals surface area contributed by atoms with Gasteiger partial charge in [-0.05, 0) is 42.8 Å². The zero-order valence-electron chi connectivity index (χ0n) is 8.41. The summed E-state index contributed by atoms with van der Waals surface area (Å²) in [5, 5.41) is 0.760. The molecule has 0 spiro atoms. The fourth-order valence-electron chi connectivity index (χ4n) is 1.31. The molecule has 0 unspecified atom stereocenters. The minimum Gasteiger partial charge on any atom is -0.457 e. The highest BCUT2D eigenvalue weighted by molar-refractivity contribution is 6.31. The lowest BCUT2D eigenvalue weighted by Crippen LogP contribution is -1.84. The molecule has 2 heteroatoms. The van der Waals surface area contributed by atoms with Crippen molar-refractivity contribution in [2.75, 3.05) is 0 Å². The molecule has 76 valence electrons. The first kappa shape index (κ1) is 10.1. The Bertz CT molecular complexity index is 451. The quantitative estimate of drug-likeness (QED) is 0.724. The van der Waals surface area contributed by atoms with E-state index in [1.165, 1.54) is 0 Å². The van der Waals surface area contributed by atoms with Crippen molar-refractivity contribution in [3.63, 3.8) is 0 Å². The van der Waals surface area contributed by atoms with Crippen molar-refractivity contribution in [1.29, 1.82) is 0 Å². The molecule has 0 aliphatic rings. The minimum absolute atomic E-state index is 0.760. The molecule has 0 fully saturated rings. The van der Waals surface area contributed by atoms with Crippen LogP contribution in [0.15, 0.2) is 48.5 Å². The minimum atomic E-state index is 0.760. The highest BCUT2D eigenvalue weighted by Gasteiger charge is 1.99. The molecule has 0 N–H and O–H groups in total. The van der Waals surface area contributed by atoms with Gasteiger partial charge in [-0.2, -0.15) is 0 Å². The average molecular weight is 219 g/mol. The van der Waals surface area contributed by atoms with Crippen molar-refractivity contribution in [2.24, 2.45) is 0 Å². The first-order chi connectivity index (χ1) is 7.25. The lowest BCUT2D eigenvalue weighted by Gasteiger charge is -2.06. The molecular weight excluding hydrogens is 208 g/mol. The van der Waals surface area contributed by atoms with Gasteiger partial charge in [0.2, 0.25) is 0 Å². The average Bonchev–Trinajstić information content (AvgIpc) is 2.25. The summed E-state index contributed by atoms with van der Waals surface area (Å²) in [7, 11) is 0. The van der Waals surface area contributed by atoms with Gasteiger partial charge in [-0.1, -0.05) is 29.8 Å². The third-order valence-electron chi connectivity index (χ3n) is 2.11. The van der Waals surface area contributed by atoms with E-state index in [1.54, 1.807) is 0 Å². The molecule has 0 saturated heterocycles. The van der Waals surface area contributed by atoms with Gasteiger partial charge in [-0.15, -0.1) is 0 Å². The largest absolute Gasteiger partial charge is 0.457 e. The molecule has 1 nitrogen and oxygen atoms in total. The van der Waals surface area contributed by atoms with E-state index in [0.717, 1.165) is 22.1 Å². The maximum Gasteiger partial charge on any atom is 0.127 e. The smallest absolute Gasteiger partial charge is 0.127 e. The zero-order valence-corrected chi connectivity index (χ0v) is 9.16. The molecule has 0 radical (unpaired) electrons. The standard InChI is InChI=1S/C13H11ClO/c1-10-9-12(7-8-13(10)14)15-11-5-3-2-4-6-11/h2-9H,1H3. The van der Waals surface area contributed by atoms with E-state index >= 15 is 0 Å². The van der Waals surface area contributed by atoms with E-state index < -0.39 is 0 Å². The topological polar surface area (TPSA) is 9.23 Å². The Labute approximate surface area is 94.3 Å². The molecule has 0 aliphatic carbocycles. The van der Waals surface area contributed by atoms with Gasteiger partial charge >= 0.3 is 0 Å². The van der Waals surface area contributed by atoms with Gasteiger partial charge in [0.1, 0.15) is 11.5 Å². The lowest BCUT2D eigenvalue weighted by molar-refractivity contribution is 0.482. The SMILES string of the molecule is Cc1cc(Oc2ccccc2)ccc1Cl. The van der Waals surface area contributed by atoms with Gasteiger partial charge in [-0.25, -0.2) is 0 Å². The number of halogens is 1. The summed E-state index contributed by atoms with van der Waals surface area (Å²) in [4.78, 5) is 0. The second-order valence-corrected chi connectivity index (χ2v) is 3.73. The van der Waals surface area contributed by atoms with Crippen molar-refractivity contribution >= 4 is 11.6 Å². The van der Waals surface area contributed by atoms with Crippen LogP contribution >= 0.6 is 11.6 Å². The molecule has 0 amide bonds. The van der Waals surface area contributed by atoms with E-state index in [1.807, 2.05) is 55.5 Å². The van der Waals surface area contributed by atoms with Gasteiger partial charge in [0.15, 0.2) is 0 Å². The van der Waals surface area contributed by atoms with Crippen molar-refractivity contribution in [3.05, 3.63) is 59.1 Å². The predicted molar refractivity (Wildman–Crippen MR) is 62.7 cm³/mol. The van der Waals surface area contributed by atoms with E-state index in [2.05, 4.69) is 0 Å². The van der Waals surface area contributed by atoms with Gasteiger partial charge < -0.3 is 4.74 Å². The number of benzene rings is 2. The normalized spacial score (nSPS) is 10.0. The molecule has 0 aromatic heterocycles. The van der Waals surface area contributed by atoms with Crippen LogP contribution in [0.4, 0.5) is 0 Å². The molecular formula is C13H11ClO. The van der Waals surface area contributed by atoms with E-state index in [0.29, 0.717) is 0 Å². The van der Waals surface area contributed by atoms with E-state index in [4.69, 9.17) is 16.3 Å². The summed E-state index contributed by atoms with van der Waals surface area (Å²) in [6.07, 6.45) is 0. The van der Waals surface area contributed by atoms with Crippen LogP contribution in [0.5, 0.6) is 11.5 Å². The number of rotatable bonds is 2. The van der Waals surface area contributed by atoms with Gasteiger partial charge in [0.05, 0.1) is 0 Å². The monoisotopic (exact) mass is 218 g/mol. The first-order valence-corrected chi connectivity index (χ1v) is 5.12. The zero-order chi connectivity index (χ0) is 10.7. The van der Waals surface area contributed by atoms with Crippen LogP contribution < -0.4 is 4.74 Å². The van der Waals surface area contributed by atoms with Gasteiger partial charge in [0, 0.05) is 5.02 Å². The third-order valence-corrected chi connectivity index (χ3v) is 2.53. The van der Waals surface area contributed by atoms with Crippen LogP contribution in [0.2, 0.25) is 5.02 Å². The number of hydrogen-bond acceptors (Lipinski definition) is 1. The van der Waals surface area contributed by atoms with Crippen LogP contribution in [0.25, 0.3) is 0 Å². The lowest BCUT2D eigenvalue weighted by atomic mass is 10.2. The highest BCUT2D eigenvalue weighted by Crippen LogP contribution is 2.25. The summed E-state index contributed by atoms with van der Waals surface area (Å²) in [6.45, 7) is 1.96. The fourth-order valence-corrected chi connectivity index (χ4v) is 1.42. The Morgan fingerprint density at radius 2 is 1.67 bits per heavy atom. The molecule has 15 heavy (non-hydrogen) atoms. The Morgan fingerprint density at radius 1 is 0.933 bits per heavy atom. The molecule has 0 aliphatic heterocycles.